The smallest absolute Gasteiger partial charge is 0.253 e. The van der Waals surface area contributed by atoms with E-state index in [0.29, 0.717) is 5.25 Å². The zero-order valence-electron chi connectivity index (χ0n) is 4.65. The summed E-state index contributed by atoms with van der Waals surface area (Å²) in [5.74, 6) is 0. The third kappa shape index (κ3) is 2.03. The van der Waals surface area contributed by atoms with E-state index in [-0.39, 0.29) is 12.4 Å². The standard InChI is InChI=1S/C4H8N2S.ClH/c1-3-2-6-4(5)7-3;/h3H,2H2,1H3,(H2,5,6);1H. The summed E-state index contributed by atoms with van der Waals surface area (Å²) in [5.41, 5.74) is 0. The molecular weight excluding hydrogens is 144 g/mol. The number of thioether (sulfide) groups is 1. The van der Waals surface area contributed by atoms with Crippen LogP contribution in [0.1, 0.15) is 6.92 Å². The first kappa shape index (κ1) is 8.27. The topological polar surface area (TPSA) is 40.5 Å². The molecule has 0 bridgehead atoms. The van der Waals surface area contributed by atoms with Crippen LogP contribution < -0.4 is 17.7 Å². The maximum Gasteiger partial charge on any atom is 0.253 e. The molecular formula is C4H9ClN2S. The molecule has 0 aliphatic carbocycles. The summed E-state index contributed by atoms with van der Waals surface area (Å²) in [6.45, 7) is 3.23. The molecule has 0 aromatic heterocycles. The summed E-state index contributed by atoms with van der Waals surface area (Å²) in [4.78, 5) is 0. The first-order valence-corrected chi connectivity index (χ1v) is 3.25. The SMILES string of the molecule is CC1C[NH2+]C(=N)S1.[Cl-]. The zero-order chi connectivity index (χ0) is 5.28. The molecule has 1 saturated heterocycles. The highest BCUT2D eigenvalue weighted by molar-refractivity contribution is 8.14. The van der Waals surface area contributed by atoms with Crippen molar-refractivity contribution >= 4 is 16.9 Å². The summed E-state index contributed by atoms with van der Waals surface area (Å²) in [6, 6.07) is 0. The van der Waals surface area contributed by atoms with Gasteiger partial charge in [-0.3, -0.25) is 5.32 Å². The summed E-state index contributed by atoms with van der Waals surface area (Å²) in [5, 5.41) is 10.5. The molecule has 1 unspecified atom stereocenters. The maximum atomic E-state index is 7.09. The van der Waals surface area contributed by atoms with Crippen molar-refractivity contribution in [1.29, 1.82) is 5.41 Å². The van der Waals surface area contributed by atoms with Crippen molar-refractivity contribution in [2.75, 3.05) is 6.54 Å². The molecule has 0 spiro atoms. The molecule has 0 aromatic rings. The minimum Gasteiger partial charge on any atom is -1.00 e. The molecule has 1 rings (SSSR count). The minimum atomic E-state index is 0. The van der Waals surface area contributed by atoms with Crippen LogP contribution in [0.4, 0.5) is 0 Å². The van der Waals surface area contributed by atoms with E-state index < -0.39 is 0 Å². The van der Waals surface area contributed by atoms with Gasteiger partial charge in [-0.2, -0.15) is 0 Å². The third-order valence-electron chi connectivity index (χ3n) is 0.963. The molecule has 1 atom stereocenters. The average Bonchev–Trinajstić information content (AvgIpc) is 1.87. The highest BCUT2D eigenvalue weighted by atomic mass is 35.5. The second-order valence-corrected chi connectivity index (χ2v) is 3.21. The Bertz CT molecular complexity index is 96.0. The lowest BCUT2D eigenvalue weighted by Crippen LogP contribution is -3.00. The molecule has 1 heterocycles. The molecule has 8 heavy (non-hydrogen) atoms. The minimum absolute atomic E-state index is 0. The predicted molar refractivity (Wildman–Crippen MR) is 31.6 cm³/mol. The van der Waals surface area contributed by atoms with Crippen LogP contribution in [0.25, 0.3) is 0 Å². The van der Waals surface area contributed by atoms with Crippen LogP contribution in [0.15, 0.2) is 0 Å². The molecule has 0 radical (unpaired) electrons. The van der Waals surface area contributed by atoms with Crippen molar-refractivity contribution in [2.45, 2.75) is 12.2 Å². The van der Waals surface area contributed by atoms with Gasteiger partial charge in [-0.05, 0) is 18.7 Å². The van der Waals surface area contributed by atoms with Gasteiger partial charge in [0.15, 0.2) is 0 Å². The molecule has 1 aliphatic rings. The monoisotopic (exact) mass is 152 g/mol. The Kier molecular flexibility index (Phi) is 3.44. The number of hydrogen-bond donors (Lipinski definition) is 2. The fourth-order valence-electron chi connectivity index (χ4n) is 0.586. The second-order valence-electron chi connectivity index (χ2n) is 1.73. The van der Waals surface area contributed by atoms with E-state index in [0.717, 1.165) is 11.7 Å². The Morgan fingerprint density at radius 1 is 1.88 bits per heavy atom. The fourth-order valence-corrected chi connectivity index (χ4v) is 1.40. The number of nitrogens with one attached hydrogen (secondary N) is 1. The number of hydrogen-bond acceptors (Lipinski definition) is 2. The molecule has 1 aliphatic heterocycles. The van der Waals surface area contributed by atoms with Crippen LogP contribution in [-0.2, 0) is 0 Å². The summed E-state index contributed by atoms with van der Waals surface area (Å²) in [7, 11) is 0. The lowest BCUT2D eigenvalue weighted by Gasteiger charge is -1.84. The number of nitrogens with two attached hydrogens (primary N) is 1. The Morgan fingerprint density at radius 3 is 2.62 bits per heavy atom. The fraction of sp³-hybridized carbons (Fsp3) is 0.750. The van der Waals surface area contributed by atoms with Crippen LogP contribution in [0.5, 0.6) is 0 Å². The molecule has 3 N–H and O–H groups in total. The van der Waals surface area contributed by atoms with Gasteiger partial charge in [0, 0.05) is 0 Å². The second kappa shape index (κ2) is 3.33. The van der Waals surface area contributed by atoms with Crippen LogP contribution >= 0.6 is 11.8 Å². The van der Waals surface area contributed by atoms with Gasteiger partial charge in [0.1, 0.15) is 0 Å². The number of amidine groups is 1. The van der Waals surface area contributed by atoms with Crippen molar-refractivity contribution in [2.24, 2.45) is 0 Å². The van der Waals surface area contributed by atoms with E-state index in [4.69, 9.17) is 5.41 Å². The van der Waals surface area contributed by atoms with Gasteiger partial charge >= 0.3 is 0 Å². The quantitative estimate of drug-likeness (QED) is 0.374. The number of rotatable bonds is 0. The molecule has 0 amide bonds. The van der Waals surface area contributed by atoms with Crippen LogP contribution in [0, 0.1) is 5.41 Å². The van der Waals surface area contributed by atoms with Crippen molar-refractivity contribution in [3.05, 3.63) is 0 Å². The Balaban J connectivity index is 0.000000490. The molecule has 2 nitrogen and oxygen atoms in total. The number of halogens is 1. The average molecular weight is 153 g/mol. The molecule has 4 heteroatoms. The predicted octanol–water partition coefficient (Wildman–Crippen LogP) is -3.38. The third-order valence-corrected chi connectivity index (χ3v) is 1.98. The van der Waals surface area contributed by atoms with E-state index in [1.807, 2.05) is 5.32 Å². The van der Waals surface area contributed by atoms with Gasteiger partial charge in [-0.15, -0.1) is 0 Å². The Morgan fingerprint density at radius 2 is 2.50 bits per heavy atom. The van der Waals surface area contributed by atoms with E-state index in [2.05, 4.69) is 6.92 Å². The highest BCUT2D eigenvalue weighted by Crippen LogP contribution is 2.09. The zero-order valence-corrected chi connectivity index (χ0v) is 6.22. The van der Waals surface area contributed by atoms with E-state index >= 15 is 0 Å². The van der Waals surface area contributed by atoms with E-state index in [9.17, 15) is 0 Å². The molecule has 48 valence electrons. The van der Waals surface area contributed by atoms with Gasteiger partial charge < -0.3 is 12.4 Å². The van der Waals surface area contributed by atoms with Crippen LogP contribution in [0.3, 0.4) is 0 Å². The highest BCUT2D eigenvalue weighted by Gasteiger charge is 2.18. The first-order chi connectivity index (χ1) is 3.29. The van der Waals surface area contributed by atoms with Gasteiger partial charge in [0.2, 0.25) is 0 Å². The lowest BCUT2D eigenvalue weighted by molar-refractivity contribution is -0.529. The van der Waals surface area contributed by atoms with Crippen molar-refractivity contribution < 1.29 is 17.7 Å². The van der Waals surface area contributed by atoms with Crippen molar-refractivity contribution in [3.63, 3.8) is 0 Å². The van der Waals surface area contributed by atoms with Gasteiger partial charge in [-0.1, -0.05) is 0 Å². The summed E-state index contributed by atoms with van der Waals surface area (Å²) < 4.78 is 0. The van der Waals surface area contributed by atoms with E-state index in [1.165, 1.54) is 0 Å². The van der Waals surface area contributed by atoms with Crippen molar-refractivity contribution in [3.8, 4) is 0 Å². The van der Waals surface area contributed by atoms with Gasteiger partial charge in [0.25, 0.3) is 5.17 Å². The Hall–Kier alpha value is 0.270. The Labute approximate surface area is 59.3 Å². The first-order valence-electron chi connectivity index (χ1n) is 2.37. The maximum absolute atomic E-state index is 7.09. The number of quaternary nitrogens is 1. The normalized spacial score (nSPS) is 27.6. The largest absolute Gasteiger partial charge is 1.00 e. The van der Waals surface area contributed by atoms with Crippen LogP contribution in [-0.4, -0.2) is 17.0 Å². The molecule has 0 saturated carbocycles. The van der Waals surface area contributed by atoms with E-state index in [1.54, 1.807) is 11.8 Å². The van der Waals surface area contributed by atoms with Crippen LogP contribution in [0.2, 0.25) is 0 Å². The van der Waals surface area contributed by atoms with Gasteiger partial charge in [-0.25, -0.2) is 5.41 Å². The van der Waals surface area contributed by atoms with Crippen molar-refractivity contribution in [1.82, 2.24) is 0 Å². The summed E-state index contributed by atoms with van der Waals surface area (Å²) >= 11 is 1.65. The lowest BCUT2D eigenvalue weighted by atomic mass is 10.5. The summed E-state index contributed by atoms with van der Waals surface area (Å²) in [6.07, 6.45) is 0. The van der Waals surface area contributed by atoms with Gasteiger partial charge in [0.05, 0.1) is 11.8 Å². The molecule has 0 aromatic carbocycles. The molecule has 1 fully saturated rings.